The minimum Gasteiger partial charge on any atom is -0.434 e. The minimum atomic E-state index is -4.76. The van der Waals surface area contributed by atoms with E-state index < -0.39 is 25.0 Å². The van der Waals surface area contributed by atoms with Crippen molar-refractivity contribution < 1.29 is 27.8 Å². The average Bonchev–Trinajstić information content (AvgIpc) is 3.03. The Bertz CT molecular complexity index is 560. The summed E-state index contributed by atoms with van der Waals surface area (Å²) in [6, 6.07) is 2.24. The van der Waals surface area contributed by atoms with Crippen molar-refractivity contribution in [2.24, 2.45) is 5.41 Å². The molecule has 1 atom stereocenters. The van der Waals surface area contributed by atoms with E-state index in [9.17, 15) is 18.0 Å². The first-order valence-corrected chi connectivity index (χ1v) is 7.95. The predicted molar refractivity (Wildman–Crippen MR) is 77.1 cm³/mol. The first-order valence-electron chi connectivity index (χ1n) is 7.95. The van der Waals surface area contributed by atoms with Crippen LogP contribution in [0.25, 0.3) is 0 Å². The number of aliphatic hydroxyl groups excluding tert-OH is 1. The van der Waals surface area contributed by atoms with Crippen LogP contribution in [0.5, 0.6) is 0 Å². The normalized spacial score (nSPS) is 22.2. The number of rotatable bonds is 3. The van der Waals surface area contributed by atoms with Crippen LogP contribution in [0.3, 0.4) is 0 Å². The number of amides is 1. The molecule has 1 N–H and O–H groups in total. The van der Waals surface area contributed by atoms with Gasteiger partial charge in [-0.1, -0.05) is 0 Å². The Labute approximate surface area is 137 Å². The summed E-state index contributed by atoms with van der Waals surface area (Å²) < 4.78 is 44.0. The van der Waals surface area contributed by atoms with Crippen LogP contribution in [0, 0.1) is 5.41 Å². The number of piperidine rings is 1. The van der Waals surface area contributed by atoms with Crippen molar-refractivity contribution >= 4 is 6.09 Å². The molecule has 24 heavy (non-hydrogen) atoms. The number of hydrogen-bond acceptors (Lipinski definition) is 4. The fourth-order valence-electron chi connectivity index (χ4n) is 3.60. The summed E-state index contributed by atoms with van der Waals surface area (Å²) in [6.45, 7) is -0.514. The lowest BCUT2D eigenvalue weighted by atomic mass is 9.60. The molecule has 0 radical (unpaired) electrons. The van der Waals surface area contributed by atoms with Gasteiger partial charge < -0.3 is 14.7 Å². The topological polar surface area (TPSA) is 67.6 Å². The third kappa shape index (κ3) is 3.35. The molecule has 1 spiro atoms. The summed E-state index contributed by atoms with van der Waals surface area (Å²) in [5, 5.41) is 13.0. The average molecular weight is 347 g/mol. The zero-order valence-electron chi connectivity index (χ0n) is 13.1. The van der Waals surface area contributed by atoms with Crippen LogP contribution in [0.2, 0.25) is 0 Å². The lowest BCUT2D eigenvalue weighted by Crippen LogP contribution is -2.50. The van der Waals surface area contributed by atoms with Crippen LogP contribution >= 0.6 is 0 Å². The predicted octanol–water partition coefficient (Wildman–Crippen LogP) is 2.36. The SMILES string of the molecule is O=C(OC(CO)C(F)(F)F)N1CCC2(CC1)CC(n1cccn1)C2. The third-order valence-corrected chi connectivity index (χ3v) is 5.09. The molecule has 3 rings (SSSR count). The molecule has 1 aromatic heterocycles. The van der Waals surface area contributed by atoms with Crippen LogP contribution in [0.15, 0.2) is 18.5 Å². The van der Waals surface area contributed by atoms with Crippen molar-refractivity contribution in [1.29, 1.82) is 0 Å². The number of carbonyl (C=O) groups excluding carboxylic acids is 1. The third-order valence-electron chi connectivity index (χ3n) is 5.09. The standard InChI is InChI=1S/C15H20F3N3O3/c16-15(17,18)12(10-22)24-13(23)20-6-2-14(3-7-20)8-11(9-14)21-5-1-4-19-21/h1,4-5,11-12,22H,2-3,6-10H2. The summed E-state index contributed by atoms with van der Waals surface area (Å²) in [6.07, 6.45) is -1.13. The van der Waals surface area contributed by atoms with Gasteiger partial charge in [0.1, 0.15) is 0 Å². The molecular formula is C15H20F3N3O3. The van der Waals surface area contributed by atoms with Crippen LogP contribution in [0.4, 0.5) is 18.0 Å². The molecule has 2 fully saturated rings. The van der Waals surface area contributed by atoms with Gasteiger partial charge in [0.15, 0.2) is 0 Å². The maximum Gasteiger partial charge on any atom is 0.427 e. The van der Waals surface area contributed by atoms with Gasteiger partial charge in [-0.2, -0.15) is 18.3 Å². The molecule has 1 unspecified atom stereocenters. The van der Waals surface area contributed by atoms with E-state index in [2.05, 4.69) is 9.84 Å². The number of aromatic nitrogens is 2. The highest BCUT2D eigenvalue weighted by Crippen LogP contribution is 2.54. The largest absolute Gasteiger partial charge is 0.434 e. The zero-order chi connectivity index (χ0) is 17.4. The first kappa shape index (κ1) is 17.1. The molecule has 1 saturated carbocycles. The molecule has 1 aromatic rings. The van der Waals surface area contributed by atoms with Gasteiger partial charge in [0, 0.05) is 25.5 Å². The highest BCUT2D eigenvalue weighted by molar-refractivity contribution is 5.68. The van der Waals surface area contributed by atoms with Gasteiger partial charge in [0.2, 0.25) is 6.10 Å². The lowest BCUT2D eigenvalue weighted by molar-refractivity contribution is -0.215. The molecule has 6 nitrogen and oxygen atoms in total. The Hall–Kier alpha value is -1.77. The number of halogens is 3. The van der Waals surface area contributed by atoms with E-state index >= 15 is 0 Å². The summed E-state index contributed by atoms with van der Waals surface area (Å²) in [5.74, 6) is 0. The van der Waals surface area contributed by atoms with Crippen molar-refractivity contribution in [3.05, 3.63) is 18.5 Å². The first-order chi connectivity index (χ1) is 11.3. The van der Waals surface area contributed by atoms with E-state index in [0.717, 1.165) is 25.7 Å². The maximum absolute atomic E-state index is 12.5. The van der Waals surface area contributed by atoms with Gasteiger partial charge in [-0.25, -0.2) is 4.79 Å². The molecule has 9 heteroatoms. The van der Waals surface area contributed by atoms with Crippen LogP contribution in [-0.4, -0.2) is 57.9 Å². The summed E-state index contributed by atoms with van der Waals surface area (Å²) in [5.41, 5.74) is 0.147. The number of carbonyl (C=O) groups is 1. The van der Waals surface area contributed by atoms with E-state index in [0.29, 0.717) is 19.1 Å². The Morgan fingerprint density at radius 3 is 2.54 bits per heavy atom. The molecule has 1 aliphatic carbocycles. The van der Waals surface area contributed by atoms with Gasteiger partial charge in [-0.05, 0) is 37.2 Å². The fourth-order valence-corrected chi connectivity index (χ4v) is 3.60. The lowest BCUT2D eigenvalue weighted by Gasteiger charge is -2.51. The zero-order valence-corrected chi connectivity index (χ0v) is 13.1. The molecule has 2 aliphatic rings. The van der Waals surface area contributed by atoms with Crippen LogP contribution in [0.1, 0.15) is 31.7 Å². The second kappa shape index (κ2) is 6.27. The minimum absolute atomic E-state index is 0.147. The van der Waals surface area contributed by atoms with E-state index in [4.69, 9.17) is 5.11 Å². The van der Waals surface area contributed by atoms with Gasteiger partial charge in [-0.15, -0.1) is 0 Å². The Balaban J connectivity index is 1.48. The Morgan fingerprint density at radius 2 is 2.04 bits per heavy atom. The molecule has 0 aromatic carbocycles. The number of hydrogen-bond donors (Lipinski definition) is 1. The second-order valence-corrected chi connectivity index (χ2v) is 6.63. The summed E-state index contributed by atoms with van der Waals surface area (Å²) in [4.78, 5) is 13.2. The number of ether oxygens (including phenoxy) is 1. The Morgan fingerprint density at radius 1 is 1.38 bits per heavy atom. The van der Waals surface area contributed by atoms with Gasteiger partial charge >= 0.3 is 12.3 Å². The van der Waals surface area contributed by atoms with E-state index in [1.54, 1.807) is 6.20 Å². The van der Waals surface area contributed by atoms with E-state index in [1.807, 2.05) is 16.9 Å². The van der Waals surface area contributed by atoms with Crippen LogP contribution in [-0.2, 0) is 4.74 Å². The van der Waals surface area contributed by atoms with Crippen molar-refractivity contribution in [3.63, 3.8) is 0 Å². The molecule has 1 amide bonds. The number of likely N-dealkylation sites (tertiary alicyclic amines) is 1. The number of alkyl halides is 3. The quantitative estimate of drug-likeness (QED) is 0.911. The molecule has 2 heterocycles. The van der Waals surface area contributed by atoms with Crippen molar-refractivity contribution in [2.75, 3.05) is 19.7 Å². The van der Waals surface area contributed by atoms with E-state index in [-0.39, 0.29) is 5.41 Å². The highest BCUT2D eigenvalue weighted by atomic mass is 19.4. The molecule has 0 bridgehead atoms. The number of nitrogens with zero attached hydrogens (tertiary/aromatic N) is 3. The molecular weight excluding hydrogens is 327 g/mol. The van der Waals surface area contributed by atoms with Crippen molar-refractivity contribution in [3.8, 4) is 0 Å². The highest BCUT2D eigenvalue weighted by Gasteiger charge is 2.48. The second-order valence-electron chi connectivity index (χ2n) is 6.63. The van der Waals surface area contributed by atoms with Crippen molar-refractivity contribution in [1.82, 2.24) is 14.7 Å². The van der Waals surface area contributed by atoms with Crippen LogP contribution < -0.4 is 0 Å². The fraction of sp³-hybridized carbons (Fsp3) is 0.733. The smallest absolute Gasteiger partial charge is 0.427 e. The Kier molecular flexibility index (Phi) is 4.46. The molecule has 1 saturated heterocycles. The summed E-state index contributed by atoms with van der Waals surface area (Å²) in [7, 11) is 0. The molecule has 1 aliphatic heterocycles. The molecule has 134 valence electrons. The van der Waals surface area contributed by atoms with Gasteiger partial charge in [0.05, 0.1) is 12.6 Å². The van der Waals surface area contributed by atoms with E-state index in [1.165, 1.54) is 4.90 Å². The van der Waals surface area contributed by atoms with Crippen molar-refractivity contribution in [2.45, 2.75) is 44.0 Å². The van der Waals surface area contributed by atoms with Gasteiger partial charge in [-0.3, -0.25) is 4.68 Å². The number of aliphatic hydroxyl groups is 1. The van der Waals surface area contributed by atoms with Gasteiger partial charge in [0.25, 0.3) is 0 Å². The monoisotopic (exact) mass is 347 g/mol. The maximum atomic E-state index is 12.5. The summed E-state index contributed by atoms with van der Waals surface area (Å²) >= 11 is 0.